The highest BCUT2D eigenvalue weighted by molar-refractivity contribution is 7.14. The summed E-state index contributed by atoms with van der Waals surface area (Å²) in [6.45, 7) is 2.07. The molecule has 0 unspecified atom stereocenters. The van der Waals surface area contributed by atoms with Crippen molar-refractivity contribution in [1.29, 1.82) is 0 Å². The molecule has 0 saturated carbocycles. The summed E-state index contributed by atoms with van der Waals surface area (Å²) >= 11 is 1.23. The van der Waals surface area contributed by atoms with Gasteiger partial charge in [-0.15, -0.1) is 4.40 Å². The zero-order valence-electron chi connectivity index (χ0n) is 8.28. The number of aromatic hydroxyl groups is 1. The van der Waals surface area contributed by atoms with Crippen LogP contribution in [0.1, 0.15) is 6.92 Å². The largest absolute Gasteiger partial charge is 0.473 e. The molecule has 16 heavy (non-hydrogen) atoms. The lowest BCUT2D eigenvalue weighted by molar-refractivity contribution is -0.678. The third-order valence-electron chi connectivity index (χ3n) is 2.21. The Labute approximate surface area is 93.0 Å². The van der Waals surface area contributed by atoms with Crippen LogP contribution in [-0.2, 0) is 6.54 Å². The number of hydrogen-bond donors (Lipinski definition) is 1. The van der Waals surface area contributed by atoms with Gasteiger partial charge in [0.05, 0.1) is 11.5 Å². The lowest BCUT2D eigenvalue weighted by atomic mass is 10.4. The van der Waals surface area contributed by atoms with Gasteiger partial charge in [-0.05, 0) is 6.92 Å². The number of aromatic nitrogens is 2. The zero-order valence-corrected chi connectivity index (χ0v) is 9.10. The zero-order chi connectivity index (χ0) is 11.9. The van der Waals surface area contributed by atoms with Crippen LogP contribution < -0.4 is 10.1 Å². The summed E-state index contributed by atoms with van der Waals surface area (Å²) in [6, 6.07) is 0. The van der Waals surface area contributed by atoms with Crippen LogP contribution in [0.3, 0.4) is 0 Å². The summed E-state index contributed by atoms with van der Waals surface area (Å²) in [4.78, 5) is 22.0. The van der Waals surface area contributed by atoms with Gasteiger partial charge in [-0.2, -0.15) is 4.57 Å². The van der Waals surface area contributed by atoms with Crippen LogP contribution in [-0.4, -0.2) is 14.4 Å². The second-order valence-corrected chi connectivity index (χ2v) is 3.91. The molecule has 0 radical (unpaired) electrons. The van der Waals surface area contributed by atoms with E-state index < -0.39 is 22.0 Å². The number of aryl methyl sites for hydroxylation is 1. The lowest BCUT2D eigenvalue weighted by Gasteiger charge is -1.99. The smallest absolute Gasteiger partial charge is 0.441 e. The molecule has 0 fully saturated rings. The third-order valence-corrected chi connectivity index (χ3v) is 3.09. The number of thiazole rings is 1. The summed E-state index contributed by atoms with van der Waals surface area (Å²) in [5.74, 6) is -0.597. The number of rotatable bonds is 2. The Morgan fingerprint density at radius 2 is 2.38 bits per heavy atom. The highest BCUT2D eigenvalue weighted by Gasteiger charge is 2.32. The Kier molecular flexibility index (Phi) is 2.35. The Bertz CT molecular complexity index is 630. The van der Waals surface area contributed by atoms with E-state index in [4.69, 9.17) is 0 Å². The molecule has 2 heterocycles. The van der Waals surface area contributed by atoms with Gasteiger partial charge in [0.1, 0.15) is 6.20 Å². The fraction of sp³-hybridized carbons (Fsp3) is 0.250. The molecule has 0 aliphatic rings. The summed E-state index contributed by atoms with van der Waals surface area (Å²) in [5.41, 5.74) is -1.61. The molecule has 0 aromatic carbocycles. The number of nitro groups is 1. The Hall–Kier alpha value is -1.96. The molecule has 0 bridgehead atoms. The van der Waals surface area contributed by atoms with Crippen molar-refractivity contribution < 1.29 is 14.6 Å². The first-order valence-corrected chi connectivity index (χ1v) is 5.35. The quantitative estimate of drug-likeness (QED) is 0.465. The van der Waals surface area contributed by atoms with E-state index in [1.807, 2.05) is 0 Å². The first-order chi connectivity index (χ1) is 7.57. The maximum atomic E-state index is 11.7. The van der Waals surface area contributed by atoms with E-state index in [0.29, 0.717) is 11.5 Å². The minimum atomic E-state index is -0.867. The van der Waals surface area contributed by atoms with Crippen molar-refractivity contribution in [2.75, 3.05) is 0 Å². The molecular formula is C8H8N3O4S+. The fourth-order valence-electron chi connectivity index (χ4n) is 1.49. The number of nitrogens with zero attached hydrogens (tertiary/aromatic N) is 3. The van der Waals surface area contributed by atoms with Gasteiger partial charge in [0.15, 0.2) is 0 Å². The van der Waals surface area contributed by atoms with Gasteiger partial charge in [0, 0.05) is 5.38 Å². The predicted octanol–water partition coefficient (Wildman–Crippen LogP) is 0.282. The molecular weight excluding hydrogens is 234 g/mol. The van der Waals surface area contributed by atoms with Crippen LogP contribution in [0.25, 0.3) is 4.96 Å². The summed E-state index contributed by atoms with van der Waals surface area (Å²) in [5, 5.41) is 22.0. The van der Waals surface area contributed by atoms with E-state index in [9.17, 15) is 20.0 Å². The van der Waals surface area contributed by atoms with E-state index in [-0.39, 0.29) is 0 Å². The predicted molar refractivity (Wildman–Crippen MR) is 55.7 cm³/mol. The second kappa shape index (κ2) is 3.56. The molecule has 0 saturated heterocycles. The van der Waals surface area contributed by atoms with E-state index >= 15 is 0 Å². The van der Waals surface area contributed by atoms with E-state index in [1.165, 1.54) is 22.1 Å². The molecule has 84 valence electrons. The SMILES string of the molecule is CC[n+]1c(O)c([N+](=O)[O-])c(=O)n2ccsc21. The molecule has 2 aromatic heterocycles. The molecule has 2 aromatic rings. The molecule has 7 nitrogen and oxygen atoms in total. The van der Waals surface area contributed by atoms with Gasteiger partial charge in [-0.1, -0.05) is 11.3 Å². The Morgan fingerprint density at radius 1 is 1.69 bits per heavy atom. The van der Waals surface area contributed by atoms with Crippen molar-refractivity contribution in [2.45, 2.75) is 13.5 Å². The highest BCUT2D eigenvalue weighted by atomic mass is 32.1. The molecule has 0 aliphatic heterocycles. The van der Waals surface area contributed by atoms with Gasteiger partial charge in [-0.25, -0.2) is 4.79 Å². The normalized spacial score (nSPS) is 10.8. The first kappa shape index (κ1) is 10.6. The minimum Gasteiger partial charge on any atom is -0.473 e. The van der Waals surface area contributed by atoms with Crippen molar-refractivity contribution in [3.63, 3.8) is 0 Å². The van der Waals surface area contributed by atoms with Gasteiger partial charge < -0.3 is 5.11 Å². The van der Waals surface area contributed by atoms with Gasteiger partial charge >= 0.3 is 22.1 Å². The van der Waals surface area contributed by atoms with Crippen molar-refractivity contribution in [2.24, 2.45) is 0 Å². The summed E-state index contributed by atoms with van der Waals surface area (Å²) < 4.78 is 2.48. The van der Waals surface area contributed by atoms with E-state index in [2.05, 4.69) is 0 Å². The molecule has 0 amide bonds. The van der Waals surface area contributed by atoms with E-state index in [1.54, 1.807) is 12.3 Å². The molecule has 8 heteroatoms. The summed E-state index contributed by atoms with van der Waals surface area (Å²) in [7, 11) is 0. The van der Waals surface area contributed by atoms with Gasteiger partial charge in [0.2, 0.25) is 0 Å². The minimum absolute atomic E-state index is 0.344. The third kappa shape index (κ3) is 1.27. The Balaban J connectivity index is 3.02. The monoisotopic (exact) mass is 242 g/mol. The van der Waals surface area contributed by atoms with Crippen molar-refractivity contribution >= 4 is 22.0 Å². The topological polar surface area (TPSA) is 88.7 Å². The van der Waals surface area contributed by atoms with Crippen LogP contribution in [0, 0.1) is 10.1 Å². The maximum Gasteiger partial charge on any atom is 0.441 e. The Morgan fingerprint density at radius 3 is 2.94 bits per heavy atom. The van der Waals surface area contributed by atoms with Crippen LogP contribution in [0.4, 0.5) is 5.69 Å². The average molecular weight is 242 g/mol. The first-order valence-electron chi connectivity index (χ1n) is 4.47. The fourth-order valence-corrected chi connectivity index (χ4v) is 2.40. The van der Waals surface area contributed by atoms with Crippen LogP contribution in [0.2, 0.25) is 0 Å². The average Bonchev–Trinajstić information content (AvgIpc) is 2.66. The molecule has 0 atom stereocenters. The molecule has 1 N–H and O–H groups in total. The van der Waals surface area contributed by atoms with Crippen molar-refractivity contribution in [1.82, 2.24) is 4.40 Å². The second-order valence-electron chi connectivity index (χ2n) is 3.03. The maximum absolute atomic E-state index is 11.7. The standard InChI is InChI=1S/C8H7N3O4S/c1-2-9-6(12)5(11(14)15)7(13)10-3-4-16-8(9)10/h3-4H,2H2,1H3/p+1. The summed E-state index contributed by atoms with van der Waals surface area (Å²) in [6.07, 6.45) is 1.45. The lowest BCUT2D eigenvalue weighted by Crippen LogP contribution is -2.38. The van der Waals surface area contributed by atoms with E-state index in [0.717, 1.165) is 4.40 Å². The van der Waals surface area contributed by atoms with Gasteiger partial charge in [-0.3, -0.25) is 10.1 Å². The van der Waals surface area contributed by atoms with Crippen LogP contribution >= 0.6 is 11.3 Å². The highest BCUT2D eigenvalue weighted by Crippen LogP contribution is 2.18. The van der Waals surface area contributed by atoms with Crippen LogP contribution in [0.5, 0.6) is 5.88 Å². The van der Waals surface area contributed by atoms with Crippen molar-refractivity contribution in [3.8, 4) is 5.88 Å². The number of fused-ring (bicyclic) bond motifs is 1. The van der Waals surface area contributed by atoms with Gasteiger partial charge in [0.25, 0.3) is 0 Å². The molecule has 0 spiro atoms. The van der Waals surface area contributed by atoms with Crippen LogP contribution in [0.15, 0.2) is 16.4 Å². The molecule has 0 aliphatic carbocycles. The van der Waals surface area contributed by atoms with Crippen molar-refractivity contribution in [3.05, 3.63) is 32.0 Å². The molecule has 2 rings (SSSR count). The number of hydrogen-bond acceptors (Lipinski definition) is 5.